The first-order valence-corrected chi connectivity index (χ1v) is 5.29. The molecular formula is C5H11KO4SSi. The van der Waals surface area contributed by atoms with Crippen LogP contribution in [0.1, 0.15) is 0 Å². The van der Waals surface area contributed by atoms with Crippen molar-refractivity contribution >= 4 is 26.1 Å². The van der Waals surface area contributed by atoms with Gasteiger partial charge in [-0.2, -0.15) is 0 Å². The monoisotopic (exact) mass is 234 g/mol. The summed E-state index contributed by atoms with van der Waals surface area (Å²) >= 11 is 4.38. The fourth-order valence-electron chi connectivity index (χ4n) is 0.643. The average Bonchev–Trinajstić information content (AvgIpc) is 2.00. The summed E-state index contributed by atoms with van der Waals surface area (Å²) in [7, 11) is 1.59. The summed E-state index contributed by atoms with van der Waals surface area (Å²) in [5.41, 5.74) is 0. The topological polar surface area (TPSA) is 50.8 Å². The van der Waals surface area contributed by atoms with Gasteiger partial charge < -0.3 is 18.4 Å². The van der Waals surface area contributed by atoms with Crippen molar-refractivity contribution in [2.24, 2.45) is 0 Å². The van der Waals surface area contributed by atoms with E-state index in [4.69, 9.17) is 13.3 Å². The van der Waals surface area contributed by atoms with E-state index in [0.29, 0.717) is 0 Å². The molecule has 0 aliphatic carbocycles. The van der Waals surface area contributed by atoms with Crippen LogP contribution < -0.4 is 56.5 Å². The fraction of sp³-hybridized carbons (Fsp3) is 0.800. The zero-order chi connectivity index (χ0) is 8.91. The first-order chi connectivity index (χ1) is 5.10. The van der Waals surface area contributed by atoms with Crippen LogP contribution in [0.5, 0.6) is 0 Å². The van der Waals surface area contributed by atoms with Crippen molar-refractivity contribution in [3.63, 3.8) is 0 Å². The average molecular weight is 234 g/mol. The van der Waals surface area contributed by atoms with Crippen LogP contribution in [-0.2, 0) is 13.3 Å². The van der Waals surface area contributed by atoms with E-state index in [9.17, 15) is 5.11 Å². The van der Waals surface area contributed by atoms with Crippen LogP contribution in [0.2, 0.25) is 6.04 Å². The third-order valence-corrected chi connectivity index (χ3v) is 4.31. The summed E-state index contributed by atoms with van der Waals surface area (Å²) < 4.78 is 14.9. The molecule has 0 aliphatic heterocycles. The van der Waals surface area contributed by atoms with Gasteiger partial charge in [-0.15, -0.1) is 12.2 Å². The van der Waals surface area contributed by atoms with Crippen molar-refractivity contribution in [2.45, 2.75) is 6.04 Å². The standard InChI is InChI=1S/C5H12O4SSi.K/c1-7-11(8-2,9-3)4-5(6)10;/h4H2,1-3H3,(H,6,10);/q;+1/p-1. The molecule has 0 amide bonds. The predicted molar refractivity (Wildman–Crippen MR) is 44.2 cm³/mol. The van der Waals surface area contributed by atoms with Crippen molar-refractivity contribution in [1.29, 1.82) is 0 Å². The second kappa shape index (κ2) is 7.98. The molecule has 0 heterocycles. The van der Waals surface area contributed by atoms with Crippen LogP contribution in [0.25, 0.3) is 0 Å². The van der Waals surface area contributed by atoms with Gasteiger partial charge in [0, 0.05) is 27.4 Å². The SMILES string of the molecule is CO[Si](CC([O-])=S)(OC)OC.[K+]. The van der Waals surface area contributed by atoms with Crippen LogP contribution in [-0.4, -0.2) is 35.2 Å². The van der Waals surface area contributed by atoms with Crippen molar-refractivity contribution in [3.05, 3.63) is 0 Å². The van der Waals surface area contributed by atoms with Gasteiger partial charge in [0.05, 0.1) is 0 Å². The normalized spacial score (nSPS) is 10.6. The maximum absolute atomic E-state index is 10.5. The molecule has 0 rings (SSSR count). The summed E-state index contributed by atoms with van der Waals surface area (Å²) in [6.07, 6.45) is 0. The van der Waals surface area contributed by atoms with E-state index < -0.39 is 13.9 Å². The van der Waals surface area contributed by atoms with Gasteiger partial charge in [-0.3, -0.25) is 0 Å². The number of rotatable bonds is 5. The number of thiocarbonyl (C=S) groups is 1. The van der Waals surface area contributed by atoms with Crippen LogP contribution in [0.4, 0.5) is 0 Å². The van der Waals surface area contributed by atoms with Gasteiger partial charge in [-0.1, -0.05) is 5.05 Å². The summed E-state index contributed by atoms with van der Waals surface area (Å²) in [5, 5.41) is 10.1. The van der Waals surface area contributed by atoms with Crippen LogP contribution >= 0.6 is 12.2 Å². The quantitative estimate of drug-likeness (QED) is 0.366. The van der Waals surface area contributed by atoms with Gasteiger partial charge in [0.15, 0.2) is 0 Å². The Morgan fingerprint density at radius 3 is 1.67 bits per heavy atom. The largest absolute Gasteiger partial charge is 1.00 e. The number of hydrogen-bond acceptors (Lipinski definition) is 5. The molecule has 0 N–H and O–H groups in total. The second-order valence-electron chi connectivity index (χ2n) is 1.84. The van der Waals surface area contributed by atoms with Gasteiger partial charge >= 0.3 is 60.2 Å². The van der Waals surface area contributed by atoms with Crippen LogP contribution in [0, 0.1) is 0 Å². The Morgan fingerprint density at radius 1 is 1.25 bits per heavy atom. The summed E-state index contributed by atoms with van der Waals surface area (Å²) in [5.74, 6) is 0. The third kappa shape index (κ3) is 5.37. The van der Waals surface area contributed by atoms with E-state index in [1.807, 2.05) is 0 Å². The van der Waals surface area contributed by atoms with Crippen molar-refractivity contribution in [1.82, 2.24) is 0 Å². The van der Waals surface area contributed by atoms with Crippen LogP contribution in [0.3, 0.4) is 0 Å². The van der Waals surface area contributed by atoms with Crippen molar-refractivity contribution in [2.75, 3.05) is 21.3 Å². The molecule has 0 aromatic carbocycles. The van der Waals surface area contributed by atoms with E-state index in [1.165, 1.54) is 21.3 Å². The number of hydrogen-bond donors (Lipinski definition) is 0. The van der Waals surface area contributed by atoms with Gasteiger partial charge in [0.25, 0.3) is 0 Å². The minimum atomic E-state index is -2.73. The molecule has 7 heteroatoms. The van der Waals surface area contributed by atoms with E-state index in [0.717, 1.165) is 0 Å². The van der Waals surface area contributed by atoms with Gasteiger partial charge in [0.2, 0.25) is 0 Å². The molecule has 4 nitrogen and oxygen atoms in total. The van der Waals surface area contributed by atoms with Crippen molar-refractivity contribution in [3.8, 4) is 0 Å². The Balaban J connectivity index is 0. The molecule has 0 aliphatic rings. The molecule has 0 aromatic rings. The smallest absolute Gasteiger partial charge is 0.868 e. The third-order valence-electron chi connectivity index (χ3n) is 1.29. The van der Waals surface area contributed by atoms with E-state index >= 15 is 0 Å². The molecule has 0 spiro atoms. The Bertz CT molecular complexity index is 133. The maximum Gasteiger partial charge on any atom is 1.00 e. The molecule has 0 bridgehead atoms. The Morgan fingerprint density at radius 2 is 1.58 bits per heavy atom. The maximum atomic E-state index is 10.5. The molecule has 0 saturated carbocycles. The Hall–Kier alpha value is 1.62. The molecule has 0 unspecified atom stereocenters. The summed E-state index contributed by atoms with van der Waals surface area (Å²) in [6.45, 7) is 0. The minimum absolute atomic E-state index is 0. The molecule has 0 radical (unpaired) electrons. The van der Waals surface area contributed by atoms with Gasteiger partial charge in [-0.25, -0.2) is 0 Å². The van der Waals surface area contributed by atoms with E-state index in [1.54, 1.807) is 0 Å². The molecule has 0 atom stereocenters. The van der Waals surface area contributed by atoms with E-state index in [-0.39, 0.29) is 57.4 Å². The predicted octanol–water partition coefficient (Wildman–Crippen LogP) is -3.44. The molecule has 0 aromatic heterocycles. The van der Waals surface area contributed by atoms with Gasteiger partial charge in [-0.05, 0) is 0 Å². The van der Waals surface area contributed by atoms with Crippen molar-refractivity contribution < 1.29 is 69.8 Å². The zero-order valence-corrected chi connectivity index (χ0v) is 12.7. The summed E-state index contributed by atoms with van der Waals surface area (Å²) in [6, 6.07) is 0.0475. The van der Waals surface area contributed by atoms with E-state index in [2.05, 4.69) is 12.2 Å². The summed E-state index contributed by atoms with van der Waals surface area (Å²) in [4.78, 5) is 0. The molecule has 12 heavy (non-hydrogen) atoms. The molecule has 0 fully saturated rings. The van der Waals surface area contributed by atoms with Gasteiger partial charge in [0.1, 0.15) is 0 Å². The Kier molecular flexibility index (Phi) is 10.7. The zero-order valence-electron chi connectivity index (χ0n) is 7.75. The Labute approximate surface area is 121 Å². The first kappa shape index (κ1) is 16.1. The first-order valence-electron chi connectivity index (χ1n) is 2.95. The second-order valence-corrected chi connectivity index (χ2v) is 5.24. The molecular weight excluding hydrogens is 223 g/mol. The minimum Gasteiger partial charge on any atom is -0.868 e. The van der Waals surface area contributed by atoms with Crippen LogP contribution in [0.15, 0.2) is 0 Å². The fourth-order valence-corrected chi connectivity index (χ4v) is 2.46. The molecule has 0 saturated heterocycles. The molecule has 66 valence electrons.